The lowest BCUT2D eigenvalue weighted by Gasteiger charge is -2.34. The Kier molecular flexibility index (Phi) is 2.84. The molecule has 4 nitrogen and oxygen atoms in total. The molecule has 1 saturated heterocycles. The highest BCUT2D eigenvalue weighted by Gasteiger charge is 2.33. The highest BCUT2D eigenvalue weighted by atomic mass is 16.6. The summed E-state index contributed by atoms with van der Waals surface area (Å²) in [5.41, 5.74) is 0. The standard InChI is InChI=1S/C7H14O4/c1-4-5(8)3-6(10-2)7(9)11-4/h4-9H,3H2,1-2H3/t4-,5-,6-,7+/m1/s1. The van der Waals surface area contributed by atoms with Crippen LogP contribution < -0.4 is 0 Å². The molecule has 0 spiro atoms. The van der Waals surface area contributed by atoms with E-state index in [1.165, 1.54) is 7.11 Å². The second-order valence-corrected chi connectivity index (χ2v) is 2.81. The van der Waals surface area contributed by atoms with Crippen molar-refractivity contribution in [2.24, 2.45) is 0 Å². The summed E-state index contributed by atoms with van der Waals surface area (Å²) >= 11 is 0. The molecule has 4 atom stereocenters. The number of aliphatic hydroxyl groups excluding tert-OH is 2. The third kappa shape index (κ3) is 1.90. The zero-order chi connectivity index (χ0) is 8.43. The van der Waals surface area contributed by atoms with Crippen LogP contribution in [0.4, 0.5) is 0 Å². The first-order valence-electron chi connectivity index (χ1n) is 3.69. The number of rotatable bonds is 1. The highest BCUT2D eigenvalue weighted by Crippen LogP contribution is 2.20. The summed E-state index contributed by atoms with van der Waals surface area (Å²) in [5, 5.41) is 18.5. The van der Waals surface area contributed by atoms with Crippen LogP contribution in [0.3, 0.4) is 0 Å². The maximum absolute atomic E-state index is 9.28. The Balaban J connectivity index is 2.48. The largest absolute Gasteiger partial charge is 0.390 e. The van der Waals surface area contributed by atoms with Crippen LogP contribution in [0.1, 0.15) is 13.3 Å². The van der Waals surface area contributed by atoms with Gasteiger partial charge in [-0.3, -0.25) is 0 Å². The van der Waals surface area contributed by atoms with Crippen LogP contribution in [-0.4, -0.2) is 41.9 Å². The quantitative estimate of drug-likeness (QED) is 0.545. The van der Waals surface area contributed by atoms with Crippen molar-refractivity contribution in [1.29, 1.82) is 0 Å². The fourth-order valence-electron chi connectivity index (χ4n) is 1.16. The van der Waals surface area contributed by atoms with E-state index in [0.29, 0.717) is 6.42 Å². The molecule has 0 saturated carbocycles. The molecular weight excluding hydrogens is 148 g/mol. The average Bonchev–Trinajstić information content (AvgIpc) is 1.97. The normalized spacial score (nSPS) is 45.8. The van der Waals surface area contributed by atoms with Gasteiger partial charge in [-0.15, -0.1) is 0 Å². The first-order valence-corrected chi connectivity index (χ1v) is 3.69. The Morgan fingerprint density at radius 2 is 2.09 bits per heavy atom. The van der Waals surface area contributed by atoms with Gasteiger partial charge in [0.05, 0.1) is 12.2 Å². The van der Waals surface area contributed by atoms with Crippen LogP contribution in [0, 0.1) is 0 Å². The first kappa shape index (κ1) is 8.93. The predicted octanol–water partition coefficient (Wildman–Crippen LogP) is -0.510. The van der Waals surface area contributed by atoms with E-state index in [1.54, 1.807) is 6.92 Å². The van der Waals surface area contributed by atoms with Gasteiger partial charge in [-0.05, 0) is 6.92 Å². The van der Waals surface area contributed by atoms with Gasteiger partial charge in [0.2, 0.25) is 0 Å². The maximum atomic E-state index is 9.28. The van der Waals surface area contributed by atoms with Crippen LogP contribution in [0.15, 0.2) is 0 Å². The van der Waals surface area contributed by atoms with Gasteiger partial charge in [0, 0.05) is 13.5 Å². The molecule has 4 heteroatoms. The van der Waals surface area contributed by atoms with E-state index in [1.807, 2.05) is 0 Å². The number of methoxy groups -OCH3 is 1. The SMILES string of the molecule is CO[C@@H]1C[C@@H](O)[C@@H](C)O[C@@H]1O. The first-order chi connectivity index (χ1) is 5.15. The minimum absolute atomic E-state index is 0.309. The molecule has 66 valence electrons. The van der Waals surface area contributed by atoms with E-state index >= 15 is 0 Å². The van der Waals surface area contributed by atoms with Gasteiger partial charge in [-0.1, -0.05) is 0 Å². The minimum atomic E-state index is -0.904. The number of hydrogen-bond acceptors (Lipinski definition) is 4. The van der Waals surface area contributed by atoms with E-state index < -0.39 is 18.5 Å². The Morgan fingerprint density at radius 1 is 1.45 bits per heavy atom. The Labute approximate surface area is 65.7 Å². The number of aliphatic hydroxyl groups is 2. The third-order valence-electron chi connectivity index (χ3n) is 1.99. The lowest BCUT2D eigenvalue weighted by molar-refractivity contribution is -0.246. The average molecular weight is 162 g/mol. The fraction of sp³-hybridized carbons (Fsp3) is 1.00. The van der Waals surface area contributed by atoms with E-state index in [9.17, 15) is 10.2 Å². The summed E-state index contributed by atoms with van der Waals surface area (Å²) in [6.07, 6.45) is -1.72. The lowest BCUT2D eigenvalue weighted by Crippen LogP contribution is -2.46. The zero-order valence-corrected chi connectivity index (χ0v) is 6.73. The van der Waals surface area contributed by atoms with Crippen molar-refractivity contribution in [2.75, 3.05) is 7.11 Å². The topological polar surface area (TPSA) is 58.9 Å². The van der Waals surface area contributed by atoms with Gasteiger partial charge in [0.1, 0.15) is 6.10 Å². The van der Waals surface area contributed by atoms with Crippen LogP contribution in [0.5, 0.6) is 0 Å². The number of hydrogen-bond donors (Lipinski definition) is 2. The molecule has 1 aliphatic rings. The molecule has 1 fully saturated rings. The summed E-state index contributed by atoms with van der Waals surface area (Å²) in [7, 11) is 1.49. The van der Waals surface area contributed by atoms with E-state index in [4.69, 9.17) is 9.47 Å². The summed E-state index contributed by atoms with van der Waals surface area (Å²) in [5.74, 6) is 0. The van der Waals surface area contributed by atoms with Crippen molar-refractivity contribution >= 4 is 0 Å². The molecule has 0 aliphatic carbocycles. The van der Waals surface area contributed by atoms with Crippen LogP contribution in [-0.2, 0) is 9.47 Å². The molecule has 11 heavy (non-hydrogen) atoms. The molecule has 1 rings (SSSR count). The van der Waals surface area contributed by atoms with Gasteiger partial charge in [-0.2, -0.15) is 0 Å². The van der Waals surface area contributed by atoms with Crippen molar-refractivity contribution in [3.05, 3.63) is 0 Å². The minimum Gasteiger partial charge on any atom is -0.390 e. The molecule has 0 aromatic heterocycles. The monoisotopic (exact) mass is 162 g/mol. The smallest absolute Gasteiger partial charge is 0.181 e. The maximum Gasteiger partial charge on any atom is 0.181 e. The molecule has 0 aromatic carbocycles. The Morgan fingerprint density at radius 3 is 2.64 bits per heavy atom. The summed E-state index contributed by atoms with van der Waals surface area (Å²) in [4.78, 5) is 0. The van der Waals surface area contributed by atoms with Crippen LogP contribution in [0.25, 0.3) is 0 Å². The van der Waals surface area contributed by atoms with Gasteiger partial charge in [0.25, 0.3) is 0 Å². The van der Waals surface area contributed by atoms with Gasteiger partial charge in [-0.25, -0.2) is 0 Å². The fourth-order valence-corrected chi connectivity index (χ4v) is 1.16. The zero-order valence-electron chi connectivity index (χ0n) is 6.73. The number of ether oxygens (including phenoxy) is 2. The van der Waals surface area contributed by atoms with Gasteiger partial charge >= 0.3 is 0 Å². The van der Waals surface area contributed by atoms with Crippen LogP contribution >= 0.6 is 0 Å². The lowest BCUT2D eigenvalue weighted by atomic mass is 10.0. The second-order valence-electron chi connectivity index (χ2n) is 2.81. The molecule has 1 heterocycles. The molecule has 0 unspecified atom stereocenters. The molecule has 0 amide bonds. The summed E-state index contributed by atoms with van der Waals surface area (Å²) in [6, 6.07) is 0. The molecule has 2 N–H and O–H groups in total. The van der Waals surface area contributed by atoms with Crippen molar-refractivity contribution in [3.8, 4) is 0 Å². The Bertz CT molecular complexity index is 128. The van der Waals surface area contributed by atoms with E-state index in [2.05, 4.69) is 0 Å². The van der Waals surface area contributed by atoms with E-state index in [-0.39, 0.29) is 6.10 Å². The van der Waals surface area contributed by atoms with Crippen molar-refractivity contribution in [1.82, 2.24) is 0 Å². The highest BCUT2D eigenvalue weighted by molar-refractivity contribution is 4.78. The molecule has 0 bridgehead atoms. The van der Waals surface area contributed by atoms with E-state index in [0.717, 1.165) is 0 Å². The third-order valence-corrected chi connectivity index (χ3v) is 1.99. The predicted molar refractivity (Wildman–Crippen MR) is 38.0 cm³/mol. The molecule has 0 aromatic rings. The van der Waals surface area contributed by atoms with Crippen molar-refractivity contribution in [2.45, 2.75) is 37.9 Å². The Hall–Kier alpha value is -0.160. The summed E-state index contributed by atoms with van der Waals surface area (Å²) in [6.45, 7) is 1.72. The molecular formula is C7H14O4. The van der Waals surface area contributed by atoms with Crippen molar-refractivity contribution < 1.29 is 19.7 Å². The van der Waals surface area contributed by atoms with Gasteiger partial charge < -0.3 is 19.7 Å². The van der Waals surface area contributed by atoms with Gasteiger partial charge in [0.15, 0.2) is 6.29 Å². The van der Waals surface area contributed by atoms with Crippen molar-refractivity contribution in [3.63, 3.8) is 0 Å². The summed E-state index contributed by atoms with van der Waals surface area (Å²) < 4.78 is 9.87. The second kappa shape index (κ2) is 3.49. The molecule has 1 aliphatic heterocycles. The molecule has 0 radical (unpaired) electrons. The van der Waals surface area contributed by atoms with Crippen LogP contribution in [0.2, 0.25) is 0 Å².